The number of ether oxygens (including phenoxy) is 3. The molecule has 3 aromatic rings. The van der Waals surface area contributed by atoms with Gasteiger partial charge in [-0.25, -0.2) is 0 Å². The summed E-state index contributed by atoms with van der Waals surface area (Å²) in [5.74, 6) is 1.28. The maximum Gasteiger partial charge on any atom is 0.227 e. The number of allylic oxidation sites excluding steroid dienone is 4. The lowest BCUT2D eigenvalue weighted by Crippen LogP contribution is -2.67. The average molecular weight is 774 g/mol. The van der Waals surface area contributed by atoms with Gasteiger partial charge in [-0.3, -0.25) is 9.59 Å². The van der Waals surface area contributed by atoms with Crippen LogP contribution in [0.25, 0.3) is 11.1 Å². The van der Waals surface area contributed by atoms with Gasteiger partial charge in [-0.1, -0.05) is 92.7 Å². The first-order valence-electron chi connectivity index (χ1n) is 20.9. The molecule has 2 bridgehead atoms. The van der Waals surface area contributed by atoms with E-state index >= 15 is 4.79 Å². The van der Waals surface area contributed by atoms with Crippen LogP contribution in [0, 0.1) is 33.5 Å². The van der Waals surface area contributed by atoms with E-state index in [4.69, 9.17) is 14.2 Å². The van der Waals surface area contributed by atoms with Gasteiger partial charge < -0.3 is 29.3 Å². The highest BCUT2D eigenvalue weighted by Gasteiger charge is 2.74. The van der Waals surface area contributed by atoms with Gasteiger partial charge in [0.1, 0.15) is 0 Å². The highest BCUT2D eigenvalue weighted by Crippen LogP contribution is 2.78. The number of methoxy groups -OCH3 is 3. The number of ketones is 1. The van der Waals surface area contributed by atoms with Crippen LogP contribution < -0.4 is 9.47 Å². The third-order valence-electron chi connectivity index (χ3n) is 15.6. The zero-order valence-electron chi connectivity index (χ0n) is 34.3. The van der Waals surface area contributed by atoms with Crippen LogP contribution in [0.5, 0.6) is 11.5 Å². The molecular formula is C49H59NO7. The topological polar surface area (TPSA) is 106 Å². The highest BCUT2D eigenvalue weighted by molar-refractivity contribution is 6.14. The molecule has 302 valence electrons. The van der Waals surface area contributed by atoms with E-state index < -0.39 is 27.9 Å². The molecule has 0 aliphatic heterocycles. The molecule has 2 spiro atoms. The van der Waals surface area contributed by atoms with Crippen LogP contribution in [-0.2, 0) is 16.0 Å². The molecule has 1 amide bonds. The van der Waals surface area contributed by atoms with Crippen molar-refractivity contribution in [2.24, 2.45) is 33.5 Å². The Morgan fingerprint density at radius 1 is 0.825 bits per heavy atom. The van der Waals surface area contributed by atoms with Gasteiger partial charge in [0.2, 0.25) is 5.91 Å². The predicted octanol–water partition coefficient (Wildman–Crippen LogP) is 8.25. The second kappa shape index (κ2) is 14.9. The Labute approximate surface area is 337 Å². The molecule has 2 N–H and O–H groups in total. The minimum Gasteiger partial charge on any atom is -0.493 e. The molecule has 3 fully saturated rings. The van der Waals surface area contributed by atoms with Crippen molar-refractivity contribution in [3.8, 4) is 22.6 Å². The number of carbonyl (C=O) groups excluding carboxylic acids is 2. The number of nitrogens with zero attached hydrogens (tertiary/aromatic N) is 1. The van der Waals surface area contributed by atoms with E-state index in [1.807, 2.05) is 65.6 Å². The third-order valence-corrected chi connectivity index (χ3v) is 15.6. The molecule has 3 aromatic carbocycles. The van der Waals surface area contributed by atoms with E-state index in [0.29, 0.717) is 49.5 Å². The number of rotatable bonds is 13. The summed E-state index contributed by atoms with van der Waals surface area (Å²) in [6, 6.07) is 23.6. The number of carbonyl (C=O) groups is 2. The number of aliphatic hydroxyl groups excluding tert-OH is 1. The van der Waals surface area contributed by atoms with Gasteiger partial charge >= 0.3 is 0 Å². The fourth-order valence-electron chi connectivity index (χ4n) is 12.6. The van der Waals surface area contributed by atoms with Crippen molar-refractivity contribution in [2.75, 3.05) is 41.0 Å². The summed E-state index contributed by atoms with van der Waals surface area (Å²) < 4.78 is 16.4. The third kappa shape index (κ3) is 6.12. The molecule has 8 unspecified atom stereocenters. The van der Waals surface area contributed by atoms with Crippen molar-refractivity contribution in [1.29, 1.82) is 0 Å². The number of fused-ring (bicyclic) bond motifs is 1. The molecule has 0 heterocycles. The van der Waals surface area contributed by atoms with Crippen molar-refractivity contribution < 1.29 is 34.0 Å². The number of Topliss-reactive ketones (excluding diaryl/α,β-unsaturated/α-hetero) is 1. The maximum absolute atomic E-state index is 15.5. The van der Waals surface area contributed by atoms with Crippen LogP contribution in [0.15, 0.2) is 96.6 Å². The van der Waals surface area contributed by atoms with Crippen molar-refractivity contribution in [2.45, 2.75) is 83.3 Å². The molecule has 3 saturated carbocycles. The molecule has 6 aliphatic carbocycles. The molecule has 9 rings (SSSR count). The average Bonchev–Trinajstić information content (AvgIpc) is 3.50. The number of hydrogen-bond acceptors (Lipinski definition) is 7. The summed E-state index contributed by atoms with van der Waals surface area (Å²) in [5, 5.41) is 24.4. The first-order chi connectivity index (χ1) is 27.4. The molecule has 8 nitrogen and oxygen atoms in total. The molecule has 0 radical (unpaired) electrons. The van der Waals surface area contributed by atoms with E-state index in [9.17, 15) is 15.0 Å². The molecule has 6 aliphatic rings. The predicted molar refractivity (Wildman–Crippen MR) is 221 cm³/mol. The van der Waals surface area contributed by atoms with Crippen LogP contribution in [0.1, 0.15) is 81.1 Å². The fourth-order valence-corrected chi connectivity index (χ4v) is 12.6. The van der Waals surface area contributed by atoms with Crippen LogP contribution in [0.2, 0.25) is 0 Å². The normalized spacial score (nSPS) is 33.5. The fraction of sp³-hybridized carbons (Fsp3) is 0.510. The number of aliphatic hydroxyl groups is 2. The largest absolute Gasteiger partial charge is 0.493 e. The Kier molecular flexibility index (Phi) is 10.3. The van der Waals surface area contributed by atoms with Gasteiger partial charge in [-0.05, 0) is 97.4 Å². The second-order valence-electron chi connectivity index (χ2n) is 18.1. The van der Waals surface area contributed by atoms with Crippen molar-refractivity contribution in [1.82, 2.24) is 4.90 Å². The minimum atomic E-state index is -1.18. The van der Waals surface area contributed by atoms with Crippen LogP contribution in [0.3, 0.4) is 0 Å². The number of hydrogen-bond donors (Lipinski definition) is 2. The standard InChI is InChI=1S/C49H59NO7/c1-45-21-18-35(51)30-47(45)24-25-49(38(31-47)44(53)37-15-10-9-14-36(37)34-12-7-6-8-13-34)41(45)19-22-46(2)42(49)20-23-48(46,54)32-50(26-11-27-55-3)43(52)29-33-16-17-39(56-4)40(28-33)57-5/h6-10,12-17,24-25,28,31,35,41-42,51,54H,11,18-23,26-27,29-30,32H2,1-5H3. The van der Waals surface area contributed by atoms with E-state index in [1.165, 1.54) is 0 Å². The number of amides is 1. The van der Waals surface area contributed by atoms with Crippen molar-refractivity contribution in [3.05, 3.63) is 108 Å². The SMILES string of the molecule is COCCCN(CC1(O)CCC2C34C=CC5(C=C3C(=O)c3ccccc3-c3ccccc3)CC(O)CCC5(C)C4CCC21C)C(=O)Cc1ccc(OC)c(OC)c1. The van der Waals surface area contributed by atoms with Gasteiger partial charge in [-0.2, -0.15) is 0 Å². The molecule has 57 heavy (non-hydrogen) atoms. The van der Waals surface area contributed by atoms with Gasteiger partial charge in [0.25, 0.3) is 0 Å². The summed E-state index contributed by atoms with van der Waals surface area (Å²) in [7, 11) is 4.84. The van der Waals surface area contributed by atoms with E-state index in [-0.39, 0.29) is 41.9 Å². The molecule has 0 saturated heterocycles. The maximum atomic E-state index is 15.5. The summed E-state index contributed by atoms with van der Waals surface area (Å²) in [5.41, 5.74) is 1.27. The first kappa shape index (κ1) is 39.6. The Balaban J connectivity index is 1.18. The molecule has 0 aromatic heterocycles. The lowest BCUT2D eigenvalue weighted by atomic mass is 9.32. The highest BCUT2D eigenvalue weighted by atomic mass is 16.5. The van der Waals surface area contributed by atoms with Crippen LogP contribution in [0.4, 0.5) is 0 Å². The Morgan fingerprint density at radius 3 is 2.28 bits per heavy atom. The van der Waals surface area contributed by atoms with Crippen molar-refractivity contribution >= 4 is 11.7 Å². The van der Waals surface area contributed by atoms with E-state index in [2.05, 4.69) is 44.2 Å². The zero-order valence-corrected chi connectivity index (χ0v) is 34.3. The first-order valence-corrected chi connectivity index (χ1v) is 20.9. The van der Waals surface area contributed by atoms with Gasteiger partial charge in [0, 0.05) is 54.2 Å². The summed E-state index contributed by atoms with van der Waals surface area (Å²) >= 11 is 0. The Hall–Kier alpha value is -4.24. The quantitative estimate of drug-likeness (QED) is 0.102. The Morgan fingerprint density at radius 2 is 1.53 bits per heavy atom. The lowest BCUT2D eigenvalue weighted by Gasteiger charge is -2.71. The lowest BCUT2D eigenvalue weighted by molar-refractivity contribution is -0.178. The summed E-state index contributed by atoms with van der Waals surface area (Å²) in [6.45, 7) is 5.81. The second-order valence-corrected chi connectivity index (χ2v) is 18.1. The van der Waals surface area contributed by atoms with E-state index in [0.717, 1.165) is 54.4 Å². The zero-order chi connectivity index (χ0) is 40.2. The van der Waals surface area contributed by atoms with Gasteiger partial charge in [0.05, 0.1) is 32.3 Å². The van der Waals surface area contributed by atoms with Gasteiger partial charge in [0.15, 0.2) is 17.3 Å². The minimum absolute atomic E-state index is 0.0344. The van der Waals surface area contributed by atoms with Gasteiger partial charge in [-0.15, -0.1) is 0 Å². The Bertz CT molecular complexity index is 2080. The number of benzene rings is 3. The molecular weight excluding hydrogens is 715 g/mol. The summed E-state index contributed by atoms with van der Waals surface area (Å²) in [6.07, 6.45) is 12.5. The molecule has 8 heteroatoms. The summed E-state index contributed by atoms with van der Waals surface area (Å²) in [4.78, 5) is 31.7. The van der Waals surface area contributed by atoms with Crippen molar-refractivity contribution in [3.63, 3.8) is 0 Å². The molecule has 8 atom stereocenters. The van der Waals surface area contributed by atoms with E-state index in [1.54, 1.807) is 21.3 Å². The smallest absolute Gasteiger partial charge is 0.227 e. The van der Waals surface area contributed by atoms with Crippen LogP contribution in [-0.4, -0.2) is 79.5 Å². The monoisotopic (exact) mass is 773 g/mol. The van der Waals surface area contributed by atoms with Crippen LogP contribution >= 0.6 is 0 Å².